The summed E-state index contributed by atoms with van der Waals surface area (Å²) in [4.78, 5) is 0. The molecule has 1 aromatic heterocycles. The summed E-state index contributed by atoms with van der Waals surface area (Å²) in [5, 5.41) is 8.14. The van der Waals surface area contributed by atoms with Crippen LogP contribution in [0.25, 0.3) is 5.69 Å². The molecule has 1 atom stereocenters. The topological polar surface area (TPSA) is 48.3 Å². The minimum Gasteiger partial charge on any atom is -0.493 e. The summed E-state index contributed by atoms with van der Waals surface area (Å²) in [6, 6.07) is 7.03. The molecular formula is C21H22ClF2N3O2. The van der Waals surface area contributed by atoms with Gasteiger partial charge in [0.1, 0.15) is 11.5 Å². The molecular weight excluding hydrogens is 400 g/mol. The number of benzene rings is 2. The molecule has 8 heteroatoms. The molecule has 29 heavy (non-hydrogen) atoms. The highest BCUT2D eigenvalue weighted by atomic mass is 35.5. The van der Waals surface area contributed by atoms with Gasteiger partial charge in [-0.25, -0.2) is 13.5 Å². The van der Waals surface area contributed by atoms with Crippen LogP contribution in [-0.4, -0.2) is 24.0 Å². The van der Waals surface area contributed by atoms with Crippen LogP contribution in [0, 0.1) is 18.6 Å². The van der Waals surface area contributed by atoms with Crippen LogP contribution in [0.5, 0.6) is 11.5 Å². The smallest absolute Gasteiger partial charge is 0.179 e. The summed E-state index contributed by atoms with van der Waals surface area (Å²) in [5.74, 6) is -0.243. The Hall–Kier alpha value is -2.64. The molecule has 5 nitrogen and oxygen atoms in total. The zero-order valence-electron chi connectivity index (χ0n) is 16.6. The lowest BCUT2D eigenvalue weighted by molar-refractivity contribution is 0.354. The van der Waals surface area contributed by atoms with E-state index in [1.165, 1.54) is 23.9 Å². The Labute approximate surface area is 173 Å². The fraction of sp³-hybridized carbons (Fsp3) is 0.286. The number of halogens is 3. The molecule has 0 saturated heterocycles. The van der Waals surface area contributed by atoms with Crippen LogP contribution in [-0.2, 0) is 6.54 Å². The van der Waals surface area contributed by atoms with Gasteiger partial charge in [0.05, 0.1) is 25.4 Å². The highest BCUT2D eigenvalue weighted by Crippen LogP contribution is 2.36. The van der Waals surface area contributed by atoms with E-state index in [-0.39, 0.29) is 11.7 Å². The van der Waals surface area contributed by atoms with E-state index in [1.807, 2.05) is 26.0 Å². The predicted molar refractivity (Wildman–Crippen MR) is 108 cm³/mol. The molecule has 0 spiro atoms. The van der Waals surface area contributed by atoms with E-state index in [9.17, 15) is 8.78 Å². The number of rotatable bonds is 7. The van der Waals surface area contributed by atoms with Crippen molar-refractivity contribution in [3.8, 4) is 17.2 Å². The molecule has 0 bridgehead atoms. The number of nitrogens with one attached hydrogen (secondary N) is 1. The van der Waals surface area contributed by atoms with E-state index in [4.69, 9.17) is 21.1 Å². The van der Waals surface area contributed by atoms with E-state index in [2.05, 4.69) is 10.4 Å². The molecule has 2 aromatic carbocycles. The van der Waals surface area contributed by atoms with Gasteiger partial charge in [-0.15, -0.1) is 0 Å². The van der Waals surface area contributed by atoms with Gasteiger partial charge in [0, 0.05) is 29.9 Å². The van der Waals surface area contributed by atoms with Crippen molar-refractivity contribution in [2.75, 3.05) is 14.2 Å². The molecule has 0 unspecified atom stereocenters. The molecule has 0 saturated carbocycles. The first-order valence-electron chi connectivity index (χ1n) is 8.99. The molecule has 0 fully saturated rings. The molecule has 1 heterocycles. The molecule has 1 N–H and O–H groups in total. The Morgan fingerprint density at radius 2 is 1.93 bits per heavy atom. The third kappa shape index (κ3) is 4.36. The average Bonchev–Trinajstić information content (AvgIpc) is 3.07. The summed E-state index contributed by atoms with van der Waals surface area (Å²) in [7, 11) is 3.09. The molecule has 0 radical (unpaired) electrons. The van der Waals surface area contributed by atoms with Gasteiger partial charge in [0.15, 0.2) is 17.3 Å². The van der Waals surface area contributed by atoms with Crippen LogP contribution in [0.15, 0.2) is 36.5 Å². The fourth-order valence-electron chi connectivity index (χ4n) is 3.20. The highest BCUT2D eigenvalue weighted by Gasteiger charge is 2.17. The van der Waals surface area contributed by atoms with Crippen LogP contribution in [0.2, 0.25) is 5.02 Å². The van der Waals surface area contributed by atoms with Gasteiger partial charge in [-0.2, -0.15) is 5.10 Å². The first-order valence-corrected chi connectivity index (χ1v) is 9.37. The summed E-state index contributed by atoms with van der Waals surface area (Å²) in [6.07, 6.45) is 1.68. The zero-order valence-corrected chi connectivity index (χ0v) is 17.3. The normalized spacial score (nSPS) is 12.1. The number of methoxy groups -OCH3 is 2. The first-order chi connectivity index (χ1) is 13.8. The van der Waals surface area contributed by atoms with Crippen LogP contribution in [0.3, 0.4) is 0 Å². The van der Waals surface area contributed by atoms with Crippen molar-refractivity contribution in [2.45, 2.75) is 26.4 Å². The predicted octanol–water partition coefficient (Wildman–Crippen LogP) is 4.98. The van der Waals surface area contributed by atoms with E-state index < -0.39 is 11.6 Å². The molecule has 0 amide bonds. The highest BCUT2D eigenvalue weighted by molar-refractivity contribution is 6.32. The van der Waals surface area contributed by atoms with Crippen molar-refractivity contribution in [1.29, 1.82) is 0 Å². The number of aromatic nitrogens is 2. The third-order valence-corrected chi connectivity index (χ3v) is 5.04. The van der Waals surface area contributed by atoms with Crippen LogP contribution in [0.4, 0.5) is 8.78 Å². The molecule has 3 aromatic rings. The van der Waals surface area contributed by atoms with Gasteiger partial charge in [-0.1, -0.05) is 11.6 Å². The minimum absolute atomic E-state index is 0.0702. The molecule has 0 aliphatic heterocycles. The largest absolute Gasteiger partial charge is 0.493 e. The lowest BCUT2D eigenvalue weighted by Gasteiger charge is -2.16. The third-order valence-electron chi connectivity index (χ3n) is 4.76. The van der Waals surface area contributed by atoms with Crippen molar-refractivity contribution in [2.24, 2.45) is 0 Å². The van der Waals surface area contributed by atoms with Crippen LogP contribution < -0.4 is 14.8 Å². The number of ether oxygens (including phenoxy) is 2. The number of hydrogen-bond acceptors (Lipinski definition) is 4. The molecule has 0 aliphatic carbocycles. The van der Waals surface area contributed by atoms with Crippen molar-refractivity contribution in [1.82, 2.24) is 15.1 Å². The monoisotopic (exact) mass is 421 g/mol. The maximum absolute atomic E-state index is 14.1. The van der Waals surface area contributed by atoms with Crippen molar-refractivity contribution in [3.63, 3.8) is 0 Å². The maximum Gasteiger partial charge on any atom is 0.179 e. The van der Waals surface area contributed by atoms with Gasteiger partial charge in [-0.3, -0.25) is 0 Å². The van der Waals surface area contributed by atoms with Crippen molar-refractivity contribution in [3.05, 3.63) is 70.0 Å². The fourth-order valence-corrected chi connectivity index (χ4v) is 3.51. The van der Waals surface area contributed by atoms with Gasteiger partial charge in [-0.05, 0) is 43.7 Å². The summed E-state index contributed by atoms with van der Waals surface area (Å²) >= 11 is 6.26. The summed E-state index contributed by atoms with van der Waals surface area (Å²) in [5.41, 5.74) is 2.80. The minimum atomic E-state index is -0.664. The van der Waals surface area contributed by atoms with Crippen LogP contribution >= 0.6 is 11.6 Å². The van der Waals surface area contributed by atoms with Gasteiger partial charge < -0.3 is 14.8 Å². The lowest BCUT2D eigenvalue weighted by Crippen LogP contribution is -2.19. The second-order valence-electron chi connectivity index (χ2n) is 6.61. The zero-order chi connectivity index (χ0) is 21.1. The maximum atomic E-state index is 14.1. The standard InChI is InChI=1S/C21H22ClF2N3O2/c1-12(25-10-14-7-17(22)21(29-4)20(8-14)28-3)16-11-26-27(13(16)2)19-6-5-15(23)9-18(19)24/h5-9,11-12,25H,10H2,1-4H3/t12-/m0/s1. The van der Waals surface area contributed by atoms with Gasteiger partial charge >= 0.3 is 0 Å². The van der Waals surface area contributed by atoms with Crippen molar-refractivity contribution >= 4 is 11.6 Å². The molecule has 3 rings (SSSR count). The molecule has 0 aliphatic rings. The summed E-state index contributed by atoms with van der Waals surface area (Å²) in [6.45, 7) is 4.35. The SMILES string of the molecule is COc1cc(CN[C@@H](C)c2cnn(-c3ccc(F)cc3F)c2C)cc(Cl)c1OC. The van der Waals surface area contributed by atoms with E-state index in [0.717, 1.165) is 22.9 Å². The Kier molecular flexibility index (Phi) is 6.39. The Bertz CT molecular complexity index is 1020. The quantitative estimate of drug-likeness (QED) is 0.584. The Morgan fingerprint density at radius 3 is 2.59 bits per heavy atom. The Balaban J connectivity index is 1.78. The van der Waals surface area contributed by atoms with E-state index in [1.54, 1.807) is 13.3 Å². The first kappa shape index (κ1) is 21.1. The average molecular weight is 422 g/mol. The summed E-state index contributed by atoms with van der Waals surface area (Å²) < 4.78 is 39.3. The van der Waals surface area contributed by atoms with Gasteiger partial charge in [0.25, 0.3) is 0 Å². The van der Waals surface area contributed by atoms with E-state index in [0.29, 0.717) is 23.1 Å². The number of nitrogens with zero attached hydrogens (tertiary/aromatic N) is 2. The van der Waals surface area contributed by atoms with Crippen molar-refractivity contribution < 1.29 is 18.3 Å². The van der Waals surface area contributed by atoms with Crippen LogP contribution in [0.1, 0.15) is 29.8 Å². The Morgan fingerprint density at radius 1 is 1.17 bits per heavy atom. The second-order valence-corrected chi connectivity index (χ2v) is 7.02. The molecule has 154 valence electrons. The van der Waals surface area contributed by atoms with E-state index >= 15 is 0 Å². The number of hydrogen-bond donors (Lipinski definition) is 1. The van der Waals surface area contributed by atoms with Gasteiger partial charge in [0.2, 0.25) is 0 Å². The second kappa shape index (κ2) is 8.80. The lowest BCUT2D eigenvalue weighted by atomic mass is 10.1.